The number of hydrogen-bond acceptors (Lipinski definition) is 0. The van der Waals surface area contributed by atoms with E-state index >= 15 is 0 Å². The molecule has 1 fully saturated rings. The van der Waals surface area contributed by atoms with E-state index in [0.717, 1.165) is 6.54 Å². The van der Waals surface area contributed by atoms with Crippen LogP contribution in [0, 0.1) is 12.3 Å². The van der Waals surface area contributed by atoms with Crippen molar-refractivity contribution in [3.8, 4) is 12.3 Å². The number of hydrogen-bond donors (Lipinski definition) is 0. The SMILES string of the molecule is C#CC[N+]1(CCC)CCCCC1. The summed E-state index contributed by atoms with van der Waals surface area (Å²) >= 11 is 0. The normalized spacial score (nSPS) is 21.7. The molecule has 1 saturated heterocycles. The average molecular weight is 166 g/mol. The average Bonchev–Trinajstić information content (AvgIpc) is 2.07. The van der Waals surface area contributed by atoms with Crippen LogP contribution in [0.25, 0.3) is 0 Å². The van der Waals surface area contributed by atoms with Gasteiger partial charge in [0.15, 0.2) is 0 Å². The van der Waals surface area contributed by atoms with Crippen molar-refractivity contribution in [2.75, 3.05) is 26.2 Å². The fraction of sp³-hybridized carbons (Fsp3) is 0.818. The van der Waals surface area contributed by atoms with Crippen molar-refractivity contribution < 1.29 is 4.48 Å². The molecule has 68 valence electrons. The standard InChI is InChI=1S/C11H20N/c1-3-8-12(9-4-2)10-6-5-7-11-12/h1H,4-11H2,2H3/q+1. The molecule has 0 atom stereocenters. The van der Waals surface area contributed by atoms with Gasteiger partial charge in [0.1, 0.15) is 6.54 Å². The minimum atomic E-state index is 0.952. The van der Waals surface area contributed by atoms with Gasteiger partial charge >= 0.3 is 0 Å². The molecule has 0 radical (unpaired) electrons. The maximum Gasteiger partial charge on any atom is 0.140 e. The molecule has 1 heterocycles. The van der Waals surface area contributed by atoms with Crippen molar-refractivity contribution in [2.24, 2.45) is 0 Å². The van der Waals surface area contributed by atoms with Crippen molar-refractivity contribution in [1.82, 2.24) is 0 Å². The van der Waals surface area contributed by atoms with Crippen LogP contribution in [0.5, 0.6) is 0 Å². The molecule has 0 bridgehead atoms. The number of rotatable bonds is 3. The van der Waals surface area contributed by atoms with E-state index in [2.05, 4.69) is 12.8 Å². The molecule has 12 heavy (non-hydrogen) atoms. The van der Waals surface area contributed by atoms with Crippen molar-refractivity contribution in [2.45, 2.75) is 32.6 Å². The van der Waals surface area contributed by atoms with Gasteiger partial charge in [0.25, 0.3) is 0 Å². The lowest BCUT2D eigenvalue weighted by Crippen LogP contribution is -2.52. The van der Waals surface area contributed by atoms with Crippen LogP contribution >= 0.6 is 0 Å². The zero-order valence-electron chi connectivity index (χ0n) is 8.18. The molecule has 1 aliphatic rings. The van der Waals surface area contributed by atoms with Crippen LogP contribution in [0.4, 0.5) is 0 Å². The van der Waals surface area contributed by atoms with Crippen LogP contribution in [0.1, 0.15) is 32.6 Å². The highest BCUT2D eigenvalue weighted by Gasteiger charge is 2.27. The highest BCUT2D eigenvalue weighted by Crippen LogP contribution is 2.18. The van der Waals surface area contributed by atoms with Gasteiger partial charge in [0, 0.05) is 0 Å². The minimum Gasteiger partial charge on any atom is -0.314 e. The molecular formula is C11H20N+. The predicted octanol–water partition coefficient (Wildman–Crippen LogP) is 2.03. The summed E-state index contributed by atoms with van der Waals surface area (Å²) in [5, 5.41) is 0. The maximum absolute atomic E-state index is 5.41. The lowest BCUT2D eigenvalue weighted by molar-refractivity contribution is -0.926. The van der Waals surface area contributed by atoms with Gasteiger partial charge in [-0.2, -0.15) is 0 Å². The van der Waals surface area contributed by atoms with Crippen LogP contribution in [0.3, 0.4) is 0 Å². The largest absolute Gasteiger partial charge is 0.314 e. The molecule has 0 amide bonds. The van der Waals surface area contributed by atoms with Gasteiger partial charge in [-0.1, -0.05) is 6.92 Å². The summed E-state index contributed by atoms with van der Waals surface area (Å²) in [5.41, 5.74) is 0. The first-order chi connectivity index (χ1) is 5.83. The lowest BCUT2D eigenvalue weighted by Gasteiger charge is -2.40. The summed E-state index contributed by atoms with van der Waals surface area (Å²) in [6.45, 7) is 7.12. The zero-order valence-corrected chi connectivity index (χ0v) is 8.18. The molecular weight excluding hydrogens is 146 g/mol. The Hall–Kier alpha value is -0.480. The fourth-order valence-corrected chi connectivity index (χ4v) is 2.31. The molecule has 1 aliphatic heterocycles. The molecule has 0 unspecified atom stereocenters. The van der Waals surface area contributed by atoms with E-state index < -0.39 is 0 Å². The highest BCUT2D eigenvalue weighted by atomic mass is 15.3. The quantitative estimate of drug-likeness (QED) is 0.444. The Morgan fingerprint density at radius 2 is 1.92 bits per heavy atom. The number of piperidine rings is 1. The first-order valence-electron chi connectivity index (χ1n) is 5.11. The summed E-state index contributed by atoms with van der Waals surface area (Å²) in [4.78, 5) is 0. The summed E-state index contributed by atoms with van der Waals surface area (Å²) in [7, 11) is 0. The molecule has 0 aromatic heterocycles. The third kappa shape index (κ3) is 2.25. The third-order valence-corrected chi connectivity index (χ3v) is 2.89. The molecule has 0 aromatic rings. The Labute approximate surface area is 76.4 Å². The molecule has 1 heteroatoms. The van der Waals surface area contributed by atoms with Crippen molar-refractivity contribution in [3.63, 3.8) is 0 Å². The Morgan fingerprint density at radius 3 is 2.42 bits per heavy atom. The first-order valence-corrected chi connectivity index (χ1v) is 5.11. The Balaban J connectivity index is 2.51. The Kier molecular flexibility index (Phi) is 3.62. The number of likely N-dealkylation sites (tertiary alicyclic amines) is 1. The van der Waals surface area contributed by atoms with Crippen LogP contribution in [-0.4, -0.2) is 30.7 Å². The Morgan fingerprint density at radius 1 is 1.25 bits per heavy atom. The summed E-state index contributed by atoms with van der Waals surface area (Å²) < 4.78 is 1.20. The smallest absolute Gasteiger partial charge is 0.140 e. The van der Waals surface area contributed by atoms with E-state index in [1.54, 1.807) is 0 Å². The van der Waals surface area contributed by atoms with E-state index in [0.29, 0.717) is 0 Å². The summed E-state index contributed by atoms with van der Waals surface area (Å²) in [6, 6.07) is 0. The van der Waals surface area contributed by atoms with Crippen LogP contribution < -0.4 is 0 Å². The third-order valence-electron chi connectivity index (χ3n) is 2.89. The van der Waals surface area contributed by atoms with E-state index in [9.17, 15) is 0 Å². The van der Waals surface area contributed by atoms with Gasteiger partial charge in [0.2, 0.25) is 0 Å². The fourth-order valence-electron chi connectivity index (χ4n) is 2.31. The van der Waals surface area contributed by atoms with Crippen molar-refractivity contribution in [1.29, 1.82) is 0 Å². The van der Waals surface area contributed by atoms with Gasteiger partial charge in [-0.25, -0.2) is 0 Å². The second kappa shape index (κ2) is 4.52. The monoisotopic (exact) mass is 166 g/mol. The summed E-state index contributed by atoms with van der Waals surface area (Å²) in [6.07, 6.45) is 10.8. The number of nitrogens with zero attached hydrogens (tertiary/aromatic N) is 1. The topological polar surface area (TPSA) is 0 Å². The zero-order chi connectivity index (χ0) is 8.86. The first kappa shape index (κ1) is 9.61. The predicted molar refractivity (Wildman–Crippen MR) is 52.7 cm³/mol. The van der Waals surface area contributed by atoms with Crippen LogP contribution in [0.2, 0.25) is 0 Å². The molecule has 1 nitrogen and oxygen atoms in total. The van der Waals surface area contributed by atoms with E-state index in [-0.39, 0.29) is 0 Å². The van der Waals surface area contributed by atoms with E-state index in [4.69, 9.17) is 6.42 Å². The highest BCUT2D eigenvalue weighted by molar-refractivity contribution is 4.84. The Bertz CT molecular complexity index is 155. The van der Waals surface area contributed by atoms with Gasteiger partial charge in [-0.15, -0.1) is 6.42 Å². The van der Waals surface area contributed by atoms with Gasteiger partial charge in [0.05, 0.1) is 19.6 Å². The second-order valence-corrected chi connectivity index (χ2v) is 3.94. The van der Waals surface area contributed by atoms with Gasteiger partial charge in [-0.05, 0) is 31.6 Å². The molecule has 0 spiro atoms. The molecule has 0 saturated carbocycles. The molecule has 1 rings (SSSR count). The number of terminal acetylenes is 1. The van der Waals surface area contributed by atoms with Gasteiger partial charge in [-0.3, -0.25) is 0 Å². The minimum absolute atomic E-state index is 0.952. The maximum atomic E-state index is 5.41. The van der Waals surface area contributed by atoms with Crippen LogP contribution in [-0.2, 0) is 0 Å². The van der Waals surface area contributed by atoms with Crippen molar-refractivity contribution >= 4 is 0 Å². The second-order valence-electron chi connectivity index (χ2n) is 3.94. The van der Waals surface area contributed by atoms with E-state index in [1.165, 1.54) is 49.8 Å². The van der Waals surface area contributed by atoms with Gasteiger partial charge < -0.3 is 4.48 Å². The molecule has 0 aliphatic carbocycles. The van der Waals surface area contributed by atoms with E-state index in [1.807, 2.05) is 0 Å². The molecule has 0 N–H and O–H groups in total. The van der Waals surface area contributed by atoms with Crippen LogP contribution in [0.15, 0.2) is 0 Å². The number of quaternary nitrogens is 1. The van der Waals surface area contributed by atoms with Crippen molar-refractivity contribution in [3.05, 3.63) is 0 Å². The summed E-state index contributed by atoms with van der Waals surface area (Å²) in [5.74, 6) is 2.84. The lowest BCUT2D eigenvalue weighted by atomic mass is 10.1. The molecule has 0 aromatic carbocycles.